The lowest BCUT2D eigenvalue weighted by molar-refractivity contribution is 0.478. The summed E-state index contributed by atoms with van der Waals surface area (Å²) in [6, 6.07) is 8.46. The number of aryl methyl sites for hydroxylation is 1. The minimum atomic E-state index is 0.867. The third kappa shape index (κ3) is 5.70. The molecule has 0 radical (unpaired) electrons. The van der Waals surface area contributed by atoms with Crippen LogP contribution < -0.4 is 5.32 Å². The van der Waals surface area contributed by atoms with E-state index in [0.29, 0.717) is 0 Å². The van der Waals surface area contributed by atoms with Gasteiger partial charge in [-0.1, -0.05) is 30.3 Å². The molecule has 0 aliphatic heterocycles. The molecule has 1 rings (SSSR count). The summed E-state index contributed by atoms with van der Waals surface area (Å²) in [6.45, 7) is 7.65. The van der Waals surface area contributed by atoms with Crippen LogP contribution in [0.4, 0.5) is 0 Å². The summed E-state index contributed by atoms with van der Waals surface area (Å²) in [5.74, 6) is 3.00. The van der Waals surface area contributed by atoms with Crippen molar-refractivity contribution >= 4 is 17.7 Å². The third-order valence-electron chi connectivity index (χ3n) is 3.01. The molecular formula is C16H25N3S. The van der Waals surface area contributed by atoms with Crippen LogP contribution in [0.5, 0.6) is 0 Å². The van der Waals surface area contributed by atoms with E-state index in [1.54, 1.807) is 0 Å². The fourth-order valence-electron chi connectivity index (χ4n) is 1.90. The van der Waals surface area contributed by atoms with Gasteiger partial charge in [0.05, 0.1) is 0 Å². The molecule has 4 heteroatoms. The van der Waals surface area contributed by atoms with Crippen molar-refractivity contribution in [1.29, 1.82) is 0 Å². The molecule has 0 saturated heterocycles. The molecule has 0 fully saturated rings. The van der Waals surface area contributed by atoms with Gasteiger partial charge in [0.1, 0.15) is 0 Å². The molecule has 110 valence electrons. The van der Waals surface area contributed by atoms with Crippen molar-refractivity contribution in [3.05, 3.63) is 48.0 Å². The van der Waals surface area contributed by atoms with E-state index in [1.165, 1.54) is 11.1 Å². The van der Waals surface area contributed by atoms with Gasteiger partial charge in [-0.05, 0) is 18.1 Å². The Bertz CT molecular complexity index is 443. The van der Waals surface area contributed by atoms with Gasteiger partial charge in [0, 0.05) is 38.7 Å². The van der Waals surface area contributed by atoms with Crippen molar-refractivity contribution in [2.75, 3.05) is 32.1 Å². The normalized spacial score (nSPS) is 11.2. The van der Waals surface area contributed by atoms with Crippen molar-refractivity contribution in [2.24, 2.45) is 4.99 Å². The Morgan fingerprint density at radius 3 is 2.85 bits per heavy atom. The quantitative estimate of drug-likeness (QED) is 0.362. The minimum Gasteiger partial charge on any atom is -0.355 e. The molecule has 0 unspecified atom stereocenters. The van der Waals surface area contributed by atoms with Crippen molar-refractivity contribution in [3.8, 4) is 0 Å². The molecule has 0 aliphatic rings. The van der Waals surface area contributed by atoms with Crippen LogP contribution in [0.25, 0.3) is 0 Å². The maximum absolute atomic E-state index is 4.33. The van der Waals surface area contributed by atoms with E-state index in [0.717, 1.165) is 30.6 Å². The van der Waals surface area contributed by atoms with Crippen LogP contribution in [-0.4, -0.2) is 43.0 Å². The molecule has 0 saturated carbocycles. The second-order valence-electron chi connectivity index (χ2n) is 4.62. The van der Waals surface area contributed by atoms with Crippen molar-refractivity contribution < 1.29 is 0 Å². The van der Waals surface area contributed by atoms with Gasteiger partial charge in [0.15, 0.2) is 5.96 Å². The topological polar surface area (TPSA) is 27.6 Å². The maximum atomic E-state index is 4.33. The van der Waals surface area contributed by atoms with Gasteiger partial charge in [-0.25, -0.2) is 0 Å². The zero-order valence-electron chi connectivity index (χ0n) is 12.7. The Balaban J connectivity index is 2.45. The summed E-state index contributed by atoms with van der Waals surface area (Å²) in [5, 5.41) is 3.39. The minimum absolute atomic E-state index is 0.867. The Morgan fingerprint density at radius 1 is 1.45 bits per heavy atom. The van der Waals surface area contributed by atoms with Crippen molar-refractivity contribution in [3.63, 3.8) is 0 Å². The van der Waals surface area contributed by atoms with Crippen LogP contribution in [0.3, 0.4) is 0 Å². The number of hydrogen-bond donors (Lipinski definition) is 1. The molecule has 0 atom stereocenters. The van der Waals surface area contributed by atoms with Crippen molar-refractivity contribution in [2.45, 2.75) is 13.5 Å². The molecule has 3 nitrogen and oxygen atoms in total. The summed E-state index contributed by atoms with van der Waals surface area (Å²) < 4.78 is 0. The van der Waals surface area contributed by atoms with Gasteiger partial charge in [-0.15, -0.1) is 6.58 Å². The number of rotatable bonds is 7. The number of guanidine groups is 1. The van der Waals surface area contributed by atoms with Crippen LogP contribution in [0, 0.1) is 6.92 Å². The highest BCUT2D eigenvalue weighted by atomic mass is 32.2. The lowest BCUT2D eigenvalue weighted by Gasteiger charge is -2.23. The zero-order chi connectivity index (χ0) is 14.8. The molecular weight excluding hydrogens is 266 g/mol. The van der Waals surface area contributed by atoms with E-state index < -0.39 is 0 Å². The second kappa shape index (κ2) is 9.48. The fraction of sp³-hybridized carbons (Fsp3) is 0.438. The number of nitrogens with one attached hydrogen (secondary N) is 1. The lowest BCUT2D eigenvalue weighted by Crippen LogP contribution is -2.39. The summed E-state index contributed by atoms with van der Waals surface area (Å²) in [7, 11) is 3.90. The van der Waals surface area contributed by atoms with Gasteiger partial charge in [-0.2, -0.15) is 11.8 Å². The fourth-order valence-corrected chi connectivity index (χ4v) is 2.48. The predicted octanol–water partition coefficient (Wildman–Crippen LogP) is 2.92. The van der Waals surface area contributed by atoms with E-state index in [4.69, 9.17) is 0 Å². The van der Waals surface area contributed by atoms with E-state index in [-0.39, 0.29) is 0 Å². The van der Waals surface area contributed by atoms with E-state index >= 15 is 0 Å². The molecule has 0 bridgehead atoms. The number of benzene rings is 1. The first-order valence-corrected chi connectivity index (χ1v) is 7.99. The third-order valence-corrected chi connectivity index (χ3v) is 3.97. The summed E-state index contributed by atoms with van der Waals surface area (Å²) in [6.07, 6.45) is 1.93. The number of thioether (sulfide) groups is 1. The largest absolute Gasteiger partial charge is 0.355 e. The van der Waals surface area contributed by atoms with Crippen LogP contribution in [-0.2, 0) is 6.54 Å². The SMILES string of the molecule is C=CCSCCNC(=NC)N(C)Cc1ccccc1C. The number of aliphatic imine (C=N–C) groups is 1. The highest BCUT2D eigenvalue weighted by Crippen LogP contribution is 2.09. The molecule has 1 N–H and O–H groups in total. The smallest absolute Gasteiger partial charge is 0.193 e. The van der Waals surface area contributed by atoms with Gasteiger partial charge < -0.3 is 10.2 Å². The molecule has 0 spiro atoms. The van der Waals surface area contributed by atoms with Gasteiger partial charge in [-0.3, -0.25) is 4.99 Å². The van der Waals surface area contributed by atoms with Gasteiger partial charge in [0.2, 0.25) is 0 Å². The number of nitrogens with zero attached hydrogens (tertiary/aromatic N) is 2. The van der Waals surface area contributed by atoms with Crippen LogP contribution in [0.2, 0.25) is 0 Å². The van der Waals surface area contributed by atoms with Crippen LogP contribution in [0.15, 0.2) is 41.9 Å². The van der Waals surface area contributed by atoms with Crippen LogP contribution >= 0.6 is 11.8 Å². The first kappa shape index (κ1) is 16.6. The standard InChI is InChI=1S/C16H25N3S/c1-5-11-20-12-10-18-16(17-3)19(4)13-15-9-7-6-8-14(15)2/h5-9H,1,10-13H2,2-4H3,(H,17,18). The Hall–Kier alpha value is -1.42. The summed E-state index contributed by atoms with van der Waals surface area (Å²) >= 11 is 1.87. The van der Waals surface area contributed by atoms with E-state index in [2.05, 4.69) is 60.0 Å². The average Bonchev–Trinajstić information content (AvgIpc) is 2.45. The highest BCUT2D eigenvalue weighted by Gasteiger charge is 2.07. The molecule has 0 heterocycles. The average molecular weight is 291 g/mol. The van der Waals surface area contributed by atoms with Gasteiger partial charge >= 0.3 is 0 Å². The molecule has 0 aliphatic carbocycles. The molecule has 0 amide bonds. The maximum Gasteiger partial charge on any atom is 0.193 e. The molecule has 20 heavy (non-hydrogen) atoms. The number of hydrogen-bond acceptors (Lipinski definition) is 2. The zero-order valence-corrected chi connectivity index (χ0v) is 13.5. The van der Waals surface area contributed by atoms with Crippen LogP contribution in [0.1, 0.15) is 11.1 Å². The molecule has 1 aromatic carbocycles. The lowest BCUT2D eigenvalue weighted by atomic mass is 10.1. The second-order valence-corrected chi connectivity index (χ2v) is 5.77. The first-order chi connectivity index (χ1) is 9.69. The Morgan fingerprint density at radius 2 is 2.20 bits per heavy atom. The Kier molecular flexibility index (Phi) is 7.88. The molecule has 1 aromatic rings. The highest BCUT2D eigenvalue weighted by molar-refractivity contribution is 7.99. The Labute approximate surface area is 127 Å². The van der Waals surface area contributed by atoms with Crippen molar-refractivity contribution in [1.82, 2.24) is 10.2 Å². The van der Waals surface area contributed by atoms with E-state index in [1.807, 2.05) is 24.9 Å². The van der Waals surface area contributed by atoms with E-state index in [9.17, 15) is 0 Å². The molecule has 0 aromatic heterocycles. The first-order valence-electron chi connectivity index (χ1n) is 6.84. The predicted molar refractivity (Wildman–Crippen MR) is 91.5 cm³/mol. The summed E-state index contributed by atoms with van der Waals surface area (Å²) in [5.41, 5.74) is 2.65. The monoisotopic (exact) mass is 291 g/mol. The van der Waals surface area contributed by atoms with Gasteiger partial charge in [0.25, 0.3) is 0 Å². The summed E-state index contributed by atoms with van der Waals surface area (Å²) in [4.78, 5) is 6.49.